The van der Waals surface area contributed by atoms with E-state index in [2.05, 4.69) is 73.2 Å². The van der Waals surface area contributed by atoms with Crippen molar-refractivity contribution >= 4 is 47.2 Å². The molecule has 0 radical (unpaired) electrons. The van der Waals surface area contributed by atoms with Crippen molar-refractivity contribution in [2.24, 2.45) is 4.99 Å². The Morgan fingerprint density at radius 3 is 2.67 bits per heavy atom. The van der Waals surface area contributed by atoms with E-state index in [1.807, 2.05) is 4.90 Å². The number of likely N-dealkylation sites (tertiary alicyclic amines) is 1. The first-order valence-electron chi connectivity index (χ1n) is 10.4. The Kier molecular flexibility index (Phi) is 9.61. The van der Waals surface area contributed by atoms with Crippen molar-refractivity contribution in [1.29, 1.82) is 0 Å². The molecule has 2 aromatic rings. The van der Waals surface area contributed by atoms with Crippen LogP contribution in [-0.2, 0) is 23.3 Å². The molecule has 30 heavy (non-hydrogen) atoms. The summed E-state index contributed by atoms with van der Waals surface area (Å²) in [5.41, 5.74) is 2.38. The van der Waals surface area contributed by atoms with Crippen LogP contribution in [0.5, 0.6) is 0 Å². The van der Waals surface area contributed by atoms with Gasteiger partial charge < -0.3 is 15.5 Å². The van der Waals surface area contributed by atoms with Crippen LogP contribution in [0.15, 0.2) is 46.8 Å². The van der Waals surface area contributed by atoms with E-state index in [1.54, 1.807) is 11.3 Å². The van der Waals surface area contributed by atoms with E-state index < -0.39 is 0 Å². The number of benzene rings is 1. The van der Waals surface area contributed by atoms with Gasteiger partial charge in [-0.05, 0) is 35.9 Å². The molecule has 0 saturated carbocycles. The highest BCUT2D eigenvalue weighted by atomic mass is 127. The molecule has 1 aromatic carbocycles. The summed E-state index contributed by atoms with van der Waals surface area (Å²) in [5, 5.41) is 8.95. The lowest BCUT2D eigenvalue weighted by Gasteiger charge is -2.25. The van der Waals surface area contributed by atoms with Gasteiger partial charge in [-0.15, -0.1) is 35.3 Å². The second-order valence-electron chi connectivity index (χ2n) is 8.15. The number of carbonyl (C=O) groups is 1. The lowest BCUT2D eigenvalue weighted by Crippen LogP contribution is -2.43. The molecular weight excluding hydrogens is 507 g/mol. The van der Waals surface area contributed by atoms with E-state index in [4.69, 9.17) is 4.99 Å². The predicted molar refractivity (Wildman–Crippen MR) is 137 cm³/mol. The fourth-order valence-corrected chi connectivity index (χ4v) is 4.34. The van der Waals surface area contributed by atoms with Gasteiger partial charge in [0.1, 0.15) is 0 Å². The summed E-state index contributed by atoms with van der Waals surface area (Å²) in [7, 11) is 0. The van der Waals surface area contributed by atoms with Crippen LogP contribution in [0.2, 0.25) is 0 Å². The van der Waals surface area contributed by atoms with Gasteiger partial charge in [-0.1, -0.05) is 44.2 Å². The first-order valence-corrected chi connectivity index (χ1v) is 11.3. The molecule has 164 valence electrons. The maximum absolute atomic E-state index is 11.9. The summed E-state index contributed by atoms with van der Waals surface area (Å²) in [6, 6.07) is 12.7. The van der Waals surface area contributed by atoms with E-state index >= 15 is 0 Å². The molecule has 1 fully saturated rings. The Hall–Kier alpha value is -1.61. The van der Waals surface area contributed by atoms with Gasteiger partial charge in [0, 0.05) is 42.9 Å². The fraction of sp³-hybridized carbons (Fsp3) is 0.478. The van der Waals surface area contributed by atoms with Crippen LogP contribution in [0, 0.1) is 0 Å². The van der Waals surface area contributed by atoms with E-state index in [1.165, 1.54) is 10.4 Å². The number of aliphatic imine (C=N–C) groups is 1. The van der Waals surface area contributed by atoms with Gasteiger partial charge in [0.25, 0.3) is 0 Å². The van der Waals surface area contributed by atoms with Crippen LogP contribution in [0.4, 0.5) is 0 Å². The predicted octanol–water partition coefficient (Wildman–Crippen LogP) is 4.52. The van der Waals surface area contributed by atoms with Gasteiger partial charge in [0.05, 0.1) is 6.54 Å². The molecule has 0 bridgehead atoms. The van der Waals surface area contributed by atoms with E-state index in [0.29, 0.717) is 19.5 Å². The van der Waals surface area contributed by atoms with Crippen LogP contribution in [0.25, 0.3) is 0 Å². The molecule has 7 heteroatoms. The van der Waals surface area contributed by atoms with Crippen molar-refractivity contribution in [2.45, 2.75) is 52.1 Å². The average Bonchev–Trinajstić information content (AvgIpc) is 3.37. The monoisotopic (exact) mass is 540 g/mol. The summed E-state index contributed by atoms with van der Waals surface area (Å²) in [4.78, 5) is 20.0. The minimum Gasteiger partial charge on any atom is -0.357 e. The minimum absolute atomic E-state index is 0. The Bertz CT molecular complexity index is 835. The molecule has 0 unspecified atom stereocenters. The molecule has 0 aliphatic carbocycles. The zero-order valence-corrected chi connectivity index (χ0v) is 21.3. The SMILES string of the molecule is CCNC(=NCc1cccc(CN2CCCC2=O)c1)NCC(C)(C)c1cccs1.I. The number of hydrogen-bond acceptors (Lipinski definition) is 3. The van der Waals surface area contributed by atoms with Gasteiger partial charge in [-0.25, -0.2) is 4.99 Å². The van der Waals surface area contributed by atoms with Gasteiger partial charge in [0.15, 0.2) is 5.96 Å². The van der Waals surface area contributed by atoms with Gasteiger partial charge in [0.2, 0.25) is 5.91 Å². The van der Waals surface area contributed by atoms with Crippen molar-refractivity contribution < 1.29 is 4.79 Å². The smallest absolute Gasteiger partial charge is 0.222 e. The highest BCUT2D eigenvalue weighted by Gasteiger charge is 2.22. The van der Waals surface area contributed by atoms with Gasteiger partial charge in [-0.2, -0.15) is 0 Å². The topological polar surface area (TPSA) is 56.7 Å². The Labute approximate surface area is 201 Å². The molecule has 0 spiro atoms. The van der Waals surface area contributed by atoms with E-state index in [-0.39, 0.29) is 35.3 Å². The van der Waals surface area contributed by atoms with Crippen LogP contribution < -0.4 is 10.6 Å². The average molecular weight is 541 g/mol. The largest absolute Gasteiger partial charge is 0.357 e. The molecular formula is C23H33IN4OS. The highest BCUT2D eigenvalue weighted by Crippen LogP contribution is 2.26. The molecule has 2 N–H and O–H groups in total. The first kappa shape index (κ1) is 24.7. The third-order valence-corrected chi connectivity index (χ3v) is 6.42. The fourth-order valence-electron chi connectivity index (χ4n) is 3.49. The number of guanidine groups is 1. The van der Waals surface area contributed by atoms with Crippen LogP contribution in [0.3, 0.4) is 0 Å². The molecule has 1 saturated heterocycles. The van der Waals surface area contributed by atoms with Crippen molar-refractivity contribution in [2.75, 3.05) is 19.6 Å². The molecule has 3 rings (SSSR count). The third kappa shape index (κ3) is 6.97. The summed E-state index contributed by atoms with van der Waals surface area (Å²) < 4.78 is 0. The molecule has 1 amide bonds. The molecule has 1 aliphatic heterocycles. The van der Waals surface area contributed by atoms with E-state index in [9.17, 15) is 4.79 Å². The number of nitrogens with one attached hydrogen (secondary N) is 2. The maximum Gasteiger partial charge on any atom is 0.222 e. The Balaban J connectivity index is 0.00000320. The van der Waals surface area contributed by atoms with Crippen molar-refractivity contribution in [3.05, 3.63) is 57.8 Å². The van der Waals surface area contributed by atoms with E-state index in [0.717, 1.165) is 37.6 Å². The number of halogens is 1. The van der Waals surface area contributed by atoms with Crippen LogP contribution >= 0.6 is 35.3 Å². The number of nitrogens with zero attached hydrogens (tertiary/aromatic N) is 2. The third-order valence-electron chi connectivity index (χ3n) is 5.19. The van der Waals surface area contributed by atoms with Crippen molar-refractivity contribution in [1.82, 2.24) is 15.5 Å². The first-order chi connectivity index (χ1) is 14.0. The minimum atomic E-state index is 0. The maximum atomic E-state index is 11.9. The molecule has 1 aliphatic rings. The lowest BCUT2D eigenvalue weighted by molar-refractivity contribution is -0.128. The quantitative estimate of drug-likeness (QED) is 0.294. The van der Waals surface area contributed by atoms with Crippen molar-refractivity contribution in [3.63, 3.8) is 0 Å². The number of hydrogen-bond donors (Lipinski definition) is 2. The van der Waals surface area contributed by atoms with Gasteiger partial charge >= 0.3 is 0 Å². The van der Waals surface area contributed by atoms with Crippen LogP contribution in [0.1, 0.15) is 49.6 Å². The second kappa shape index (κ2) is 11.7. The van der Waals surface area contributed by atoms with Crippen LogP contribution in [-0.4, -0.2) is 36.4 Å². The summed E-state index contributed by atoms with van der Waals surface area (Å²) in [6.07, 6.45) is 1.66. The number of thiophene rings is 1. The summed E-state index contributed by atoms with van der Waals surface area (Å²) in [5.74, 6) is 1.10. The number of carbonyl (C=O) groups excluding carboxylic acids is 1. The summed E-state index contributed by atoms with van der Waals surface area (Å²) >= 11 is 1.79. The highest BCUT2D eigenvalue weighted by molar-refractivity contribution is 14.0. The van der Waals surface area contributed by atoms with Crippen molar-refractivity contribution in [3.8, 4) is 0 Å². The zero-order chi connectivity index (χ0) is 20.7. The number of amides is 1. The molecule has 2 heterocycles. The summed E-state index contributed by atoms with van der Waals surface area (Å²) in [6.45, 7) is 10.4. The Morgan fingerprint density at radius 2 is 2.00 bits per heavy atom. The van der Waals surface area contributed by atoms with Gasteiger partial charge in [-0.3, -0.25) is 4.79 Å². The normalized spacial score (nSPS) is 14.6. The molecule has 0 atom stereocenters. The standard InChI is InChI=1S/C23H32N4OS.HI/c1-4-24-22(26-17-23(2,3)20-10-7-13-29-20)25-15-18-8-5-9-19(14-18)16-27-12-6-11-21(27)28;/h5,7-10,13-14H,4,6,11-12,15-17H2,1-3H3,(H2,24,25,26);1H. The lowest BCUT2D eigenvalue weighted by atomic mass is 9.91. The number of rotatable bonds is 8. The zero-order valence-electron chi connectivity index (χ0n) is 18.1. The molecule has 5 nitrogen and oxygen atoms in total. The molecule has 1 aromatic heterocycles. The Morgan fingerprint density at radius 1 is 1.20 bits per heavy atom. The second-order valence-corrected chi connectivity index (χ2v) is 9.10.